The Balaban J connectivity index is 1.67. The molecule has 0 saturated carbocycles. The standard InChI is InChI=1S/C23H25N3O5S/c1-2-31-21-8-4-3-7-16(21)15-24-23(28)19-14-22(27)25-20-10-9-17(13-18(19)20)32(29,30)26-11-5-6-12-26/h3-4,7-10,13-14H,2,5-6,11-12,15H2,1H3,(H,24,28)(H,25,27). The highest BCUT2D eigenvalue weighted by molar-refractivity contribution is 7.89. The Hall–Kier alpha value is -3.17. The molecule has 2 aromatic carbocycles. The van der Waals surface area contributed by atoms with Gasteiger partial charge < -0.3 is 15.0 Å². The summed E-state index contributed by atoms with van der Waals surface area (Å²) < 4.78 is 33.0. The van der Waals surface area contributed by atoms with Crippen LogP contribution in [0.3, 0.4) is 0 Å². The van der Waals surface area contributed by atoms with E-state index in [1.807, 2.05) is 31.2 Å². The van der Waals surface area contributed by atoms with Crippen LogP contribution in [0.25, 0.3) is 10.9 Å². The van der Waals surface area contributed by atoms with Gasteiger partial charge in [0.2, 0.25) is 15.6 Å². The zero-order valence-electron chi connectivity index (χ0n) is 17.8. The first kappa shape index (κ1) is 22.0. The average Bonchev–Trinajstić information content (AvgIpc) is 3.33. The van der Waals surface area contributed by atoms with Gasteiger partial charge >= 0.3 is 0 Å². The molecule has 3 aromatic rings. The van der Waals surface area contributed by atoms with E-state index in [1.54, 1.807) is 0 Å². The third kappa shape index (κ3) is 4.39. The Bertz CT molecular complexity index is 1310. The Morgan fingerprint density at radius 1 is 1.12 bits per heavy atom. The third-order valence-corrected chi connectivity index (χ3v) is 7.37. The lowest BCUT2D eigenvalue weighted by Crippen LogP contribution is -2.28. The number of fused-ring (bicyclic) bond motifs is 1. The van der Waals surface area contributed by atoms with Gasteiger partial charge in [-0.25, -0.2) is 8.42 Å². The number of aromatic amines is 1. The molecule has 0 aliphatic carbocycles. The molecule has 1 saturated heterocycles. The average molecular weight is 456 g/mol. The quantitative estimate of drug-likeness (QED) is 0.569. The number of nitrogens with one attached hydrogen (secondary N) is 2. The molecule has 1 aliphatic rings. The molecule has 1 aromatic heterocycles. The topological polar surface area (TPSA) is 109 Å². The van der Waals surface area contributed by atoms with Gasteiger partial charge in [0.15, 0.2) is 0 Å². The van der Waals surface area contributed by atoms with Crippen molar-refractivity contribution in [3.63, 3.8) is 0 Å². The number of hydrogen-bond donors (Lipinski definition) is 2. The zero-order valence-corrected chi connectivity index (χ0v) is 18.6. The largest absolute Gasteiger partial charge is 0.494 e. The van der Waals surface area contributed by atoms with Gasteiger partial charge in [-0.05, 0) is 44.0 Å². The second-order valence-corrected chi connectivity index (χ2v) is 9.53. The lowest BCUT2D eigenvalue weighted by Gasteiger charge is -2.16. The molecule has 1 fully saturated rings. The van der Waals surface area contributed by atoms with Gasteiger partial charge in [-0.15, -0.1) is 0 Å². The summed E-state index contributed by atoms with van der Waals surface area (Å²) in [6, 6.07) is 13.0. The molecule has 0 spiro atoms. The molecule has 2 N–H and O–H groups in total. The van der Waals surface area contributed by atoms with Crippen molar-refractivity contribution in [1.29, 1.82) is 0 Å². The van der Waals surface area contributed by atoms with E-state index in [0.717, 1.165) is 18.4 Å². The number of pyridine rings is 1. The highest BCUT2D eigenvalue weighted by atomic mass is 32.2. The van der Waals surface area contributed by atoms with Crippen LogP contribution in [0.1, 0.15) is 35.7 Å². The zero-order chi connectivity index (χ0) is 22.7. The number of sulfonamides is 1. The molecule has 32 heavy (non-hydrogen) atoms. The van der Waals surface area contributed by atoms with Gasteiger partial charge in [-0.2, -0.15) is 4.31 Å². The minimum absolute atomic E-state index is 0.106. The summed E-state index contributed by atoms with van der Waals surface area (Å²) in [6.45, 7) is 3.55. The molecular formula is C23H25N3O5S. The normalized spacial score (nSPS) is 14.5. The Labute approximate surface area is 186 Å². The first-order chi connectivity index (χ1) is 15.4. The molecule has 0 atom stereocenters. The van der Waals surface area contributed by atoms with Crippen LogP contribution in [0.5, 0.6) is 5.75 Å². The number of amides is 1. The number of rotatable bonds is 7. The summed E-state index contributed by atoms with van der Waals surface area (Å²) in [4.78, 5) is 27.9. The molecule has 1 amide bonds. The molecule has 4 rings (SSSR count). The summed E-state index contributed by atoms with van der Waals surface area (Å²) in [5.74, 6) is 0.202. The maximum atomic E-state index is 13.0. The van der Waals surface area contributed by atoms with E-state index in [9.17, 15) is 18.0 Å². The van der Waals surface area contributed by atoms with Crippen LogP contribution >= 0.6 is 0 Å². The van der Waals surface area contributed by atoms with E-state index < -0.39 is 21.5 Å². The van der Waals surface area contributed by atoms with Crippen molar-refractivity contribution in [2.45, 2.75) is 31.2 Å². The van der Waals surface area contributed by atoms with E-state index in [1.165, 1.54) is 28.6 Å². The molecule has 0 unspecified atom stereocenters. The maximum Gasteiger partial charge on any atom is 0.252 e. The lowest BCUT2D eigenvalue weighted by atomic mass is 10.1. The second-order valence-electron chi connectivity index (χ2n) is 7.59. The minimum atomic E-state index is -3.66. The van der Waals surface area contributed by atoms with Crippen molar-refractivity contribution >= 4 is 26.8 Å². The third-order valence-electron chi connectivity index (χ3n) is 5.47. The summed E-state index contributed by atoms with van der Waals surface area (Å²) >= 11 is 0. The molecule has 0 radical (unpaired) electrons. The fourth-order valence-corrected chi connectivity index (χ4v) is 5.42. The van der Waals surface area contributed by atoms with Crippen LogP contribution < -0.4 is 15.6 Å². The molecular weight excluding hydrogens is 430 g/mol. The molecule has 9 heteroatoms. The van der Waals surface area contributed by atoms with Crippen molar-refractivity contribution < 1.29 is 17.9 Å². The van der Waals surface area contributed by atoms with Crippen LogP contribution in [-0.2, 0) is 16.6 Å². The Kier molecular flexibility index (Phi) is 6.29. The lowest BCUT2D eigenvalue weighted by molar-refractivity contribution is 0.0952. The number of carbonyl (C=O) groups is 1. The summed E-state index contributed by atoms with van der Waals surface area (Å²) in [5, 5.41) is 3.19. The Morgan fingerprint density at radius 3 is 2.62 bits per heavy atom. The van der Waals surface area contributed by atoms with Gasteiger partial charge in [0, 0.05) is 42.2 Å². The maximum absolute atomic E-state index is 13.0. The predicted molar refractivity (Wildman–Crippen MR) is 121 cm³/mol. The summed E-state index contributed by atoms with van der Waals surface area (Å²) in [7, 11) is -3.66. The van der Waals surface area contributed by atoms with Crippen LogP contribution in [0.4, 0.5) is 0 Å². The van der Waals surface area contributed by atoms with Crippen LogP contribution in [0.2, 0.25) is 0 Å². The van der Waals surface area contributed by atoms with Crippen molar-refractivity contribution in [2.75, 3.05) is 19.7 Å². The van der Waals surface area contributed by atoms with Crippen molar-refractivity contribution in [2.24, 2.45) is 0 Å². The van der Waals surface area contributed by atoms with Gasteiger partial charge in [0.1, 0.15) is 5.75 Å². The van der Waals surface area contributed by atoms with Crippen molar-refractivity contribution in [1.82, 2.24) is 14.6 Å². The molecule has 8 nitrogen and oxygen atoms in total. The summed E-state index contributed by atoms with van der Waals surface area (Å²) in [6.07, 6.45) is 1.66. The van der Waals surface area contributed by atoms with Crippen LogP contribution in [-0.4, -0.2) is 43.3 Å². The van der Waals surface area contributed by atoms with E-state index in [0.29, 0.717) is 36.3 Å². The monoisotopic (exact) mass is 455 g/mol. The van der Waals surface area contributed by atoms with Crippen LogP contribution in [0.15, 0.2) is 58.2 Å². The van der Waals surface area contributed by atoms with Gasteiger partial charge in [0.05, 0.1) is 17.1 Å². The summed E-state index contributed by atoms with van der Waals surface area (Å²) in [5.41, 5.74) is 0.885. The van der Waals surface area contributed by atoms with E-state index in [2.05, 4.69) is 10.3 Å². The fourth-order valence-electron chi connectivity index (χ4n) is 3.88. The Morgan fingerprint density at radius 2 is 1.88 bits per heavy atom. The number of ether oxygens (including phenoxy) is 1. The van der Waals surface area contributed by atoms with Gasteiger partial charge in [-0.1, -0.05) is 18.2 Å². The highest BCUT2D eigenvalue weighted by Crippen LogP contribution is 2.25. The number of hydrogen-bond acceptors (Lipinski definition) is 5. The number of nitrogens with zero attached hydrogens (tertiary/aromatic N) is 1. The number of para-hydroxylation sites is 1. The van der Waals surface area contributed by atoms with E-state index in [4.69, 9.17) is 4.74 Å². The molecule has 2 heterocycles. The number of aromatic nitrogens is 1. The highest BCUT2D eigenvalue weighted by Gasteiger charge is 2.27. The molecule has 1 aliphatic heterocycles. The number of benzene rings is 2. The van der Waals surface area contributed by atoms with Crippen molar-refractivity contribution in [3.8, 4) is 5.75 Å². The number of carbonyl (C=O) groups excluding carboxylic acids is 1. The fraction of sp³-hybridized carbons (Fsp3) is 0.304. The predicted octanol–water partition coefficient (Wildman–Crippen LogP) is 2.64. The van der Waals surface area contributed by atoms with E-state index in [-0.39, 0.29) is 17.0 Å². The first-order valence-corrected chi connectivity index (χ1v) is 12.0. The minimum Gasteiger partial charge on any atom is -0.494 e. The van der Waals surface area contributed by atoms with Crippen molar-refractivity contribution in [3.05, 3.63) is 70.0 Å². The van der Waals surface area contributed by atoms with Gasteiger partial charge in [0.25, 0.3) is 5.91 Å². The SMILES string of the molecule is CCOc1ccccc1CNC(=O)c1cc(=O)[nH]c2ccc(S(=O)(=O)N3CCCC3)cc12. The molecule has 168 valence electrons. The van der Waals surface area contributed by atoms with Gasteiger partial charge in [-0.3, -0.25) is 9.59 Å². The van der Waals surface area contributed by atoms with E-state index >= 15 is 0 Å². The number of H-pyrrole nitrogens is 1. The van der Waals surface area contributed by atoms with Crippen LogP contribution in [0, 0.1) is 0 Å². The smallest absolute Gasteiger partial charge is 0.252 e. The first-order valence-electron chi connectivity index (χ1n) is 10.6. The molecule has 0 bridgehead atoms. The second kappa shape index (κ2) is 9.13.